The van der Waals surface area contributed by atoms with Crippen LogP contribution in [-0.4, -0.2) is 6.10 Å². The number of ether oxygens (including phenoxy) is 1. The Balaban J connectivity index is 1.92. The van der Waals surface area contributed by atoms with Gasteiger partial charge >= 0.3 is 0 Å². The highest BCUT2D eigenvalue weighted by Gasteiger charge is 2.15. The van der Waals surface area contributed by atoms with Gasteiger partial charge in [-0.25, -0.2) is 0 Å². The second kappa shape index (κ2) is 4.99. The summed E-state index contributed by atoms with van der Waals surface area (Å²) in [6.45, 7) is 0.686. The minimum absolute atomic E-state index is 0.467. The van der Waals surface area contributed by atoms with Gasteiger partial charge < -0.3 is 10.5 Å². The third-order valence-corrected chi connectivity index (χ3v) is 3.59. The molecule has 1 aliphatic rings. The van der Waals surface area contributed by atoms with Crippen LogP contribution < -0.4 is 5.73 Å². The molecule has 0 aromatic heterocycles. The fourth-order valence-corrected chi connectivity index (χ4v) is 2.45. The van der Waals surface area contributed by atoms with Crippen molar-refractivity contribution in [1.82, 2.24) is 0 Å². The highest BCUT2D eigenvalue weighted by Crippen LogP contribution is 2.25. The maximum Gasteiger partial charge on any atom is 0.0731 e. The highest BCUT2D eigenvalue weighted by molar-refractivity contribution is 9.10. The molecule has 0 spiro atoms. The van der Waals surface area contributed by atoms with Crippen molar-refractivity contribution in [2.45, 2.75) is 38.4 Å². The Labute approximate surface area is 98.9 Å². The van der Waals surface area contributed by atoms with Gasteiger partial charge in [0.15, 0.2) is 0 Å². The third-order valence-electron chi connectivity index (χ3n) is 2.85. The molecule has 0 unspecified atom stereocenters. The van der Waals surface area contributed by atoms with Crippen LogP contribution in [0.3, 0.4) is 0 Å². The lowest BCUT2D eigenvalue weighted by atomic mass is 10.2. The summed E-state index contributed by atoms with van der Waals surface area (Å²) < 4.78 is 6.88. The van der Waals surface area contributed by atoms with E-state index in [1.807, 2.05) is 18.2 Å². The molecule has 2 nitrogen and oxygen atoms in total. The Hall–Kier alpha value is -0.540. The van der Waals surface area contributed by atoms with Gasteiger partial charge in [0.25, 0.3) is 0 Å². The molecule has 0 bridgehead atoms. The summed E-state index contributed by atoms with van der Waals surface area (Å²) in [5.41, 5.74) is 7.64. The molecule has 3 heteroatoms. The quantitative estimate of drug-likeness (QED) is 0.853. The molecule has 0 atom stereocenters. The van der Waals surface area contributed by atoms with Gasteiger partial charge in [0.1, 0.15) is 0 Å². The van der Waals surface area contributed by atoms with Crippen LogP contribution in [0.15, 0.2) is 22.7 Å². The fourth-order valence-electron chi connectivity index (χ4n) is 1.94. The van der Waals surface area contributed by atoms with Gasteiger partial charge in [-0.05, 0) is 30.5 Å². The summed E-state index contributed by atoms with van der Waals surface area (Å²) >= 11 is 3.50. The molecule has 15 heavy (non-hydrogen) atoms. The molecule has 1 aromatic rings. The van der Waals surface area contributed by atoms with E-state index in [1.54, 1.807) is 0 Å². The van der Waals surface area contributed by atoms with Gasteiger partial charge in [-0.15, -0.1) is 0 Å². The highest BCUT2D eigenvalue weighted by atomic mass is 79.9. The van der Waals surface area contributed by atoms with Crippen LogP contribution in [0, 0.1) is 0 Å². The van der Waals surface area contributed by atoms with E-state index >= 15 is 0 Å². The predicted octanol–water partition coefficient (Wildman–Crippen LogP) is 3.49. The van der Waals surface area contributed by atoms with Gasteiger partial charge in [0, 0.05) is 10.2 Å². The zero-order chi connectivity index (χ0) is 10.7. The summed E-state index contributed by atoms with van der Waals surface area (Å²) in [6, 6.07) is 5.86. The van der Waals surface area contributed by atoms with Crippen molar-refractivity contribution in [2.75, 3.05) is 5.73 Å². The molecule has 1 aliphatic carbocycles. The Morgan fingerprint density at radius 2 is 2.07 bits per heavy atom. The molecule has 2 rings (SSSR count). The molecule has 1 saturated carbocycles. The van der Waals surface area contributed by atoms with Crippen molar-refractivity contribution >= 4 is 21.6 Å². The van der Waals surface area contributed by atoms with Crippen molar-refractivity contribution in [3.8, 4) is 0 Å². The van der Waals surface area contributed by atoms with Crippen LogP contribution in [-0.2, 0) is 11.3 Å². The van der Waals surface area contributed by atoms with E-state index in [0.29, 0.717) is 12.7 Å². The largest absolute Gasteiger partial charge is 0.399 e. The fraction of sp³-hybridized carbons (Fsp3) is 0.500. The molecular formula is C12H16BrNO. The molecule has 0 radical (unpaired) electrons. The number of halogens is 1. The number of anilines is 1. The van der Waals surface area contributed by atoms with Gasteiger partial charge in [-0.1, -0.05) is 34.8 Å². The maximum absolute atomic E-state index is 5.84. The SMILES string of the molecule is Nc1ccc(COC2CCCC2)c(Br)c1. The Morgan fingerprint density at radius 1 is 1.33 bits per heavy atom. The van der Waals surface area contributed by atoms with Crippen LogP contribution in [0.4, 0.5) is 5.69 Å². The lowest BCUT2D eigenvalue weighted by molar-refractivity contribution is 0.0454. The lowest BCUT2D eigenvalue weighted by Gasteiger charge is -2.12. The normalized spacial score (nSPS) is 17.1. The Morgan fingerprint density at radius 3 is 2.73 bits per heavy atom. The summed E-state index contributed by atoms with van der Waals surface area (Å²) in [4.78, 5) is 0. The molecule has 1 fully saturated rings. The van der Waals surface area contributed by atoms with Gasteiger partial charge in [-0.2, -0.15) is 0 Å². The van der Waals surface area contributed by atoms with E-state index in [9.17, 15) is 0 Å². The number of hydrogen-bond donors (Lipinski definition) is 1. The molecule has 0 heterocycles. The average molecular weight is 270 g/mol. The first-order chi connectivity index (χ1) is 7.25. The van der Waals surface area contributed by atoms with Crippen molar-refractivity contribution in [3.63, 3.8) is 0 Å². The Kier molecular flexibility index (Phi) is 3.65. The van der Waals surface area contributed by atoms with Crippen LogP contribution in [0.25, 0.3) is 0 Å². The molecular weight excluding hydrogens is 254 g/mol. The van der Waals surface area contributed by atoms with Gasteiger partial charge in [-0.3, -0.25) is 0 Å². The van der Waals surface area contributed by atoms with Crippen LogP contribution >= 0.6 is 15.9 Å². The molecule has 0 amide bonds. The monoisotopic (exact) mass is 269 g/mol. The van der Waals surface area contributed by atoms with Crippen molar-refractivity contribution in [2.24, 2.45) is 0 Å². The second-order valence-electron chi connectivity index (χ2n) is 4.07. The van der Waals surface area contributed by atoms with E-state index in [4.69, 9.17) is 10.5 Å². The second-order valence-corrected chi connectivity index (χ2v) is 4.92. The predicted molar refractivity (Wildman–Crippen MR) is 65.6 cm³/mol. The van der Waals surface area contributed by atoms with E-state index in [0.717, 1.165) is 10.2 Å². The minimum atomic E-state index is 0.467. The zero-order valence-corrected chi connectivity index (χ0v) is 10.3. The van der Waals surface area contributed by atoms with E-state index in [-0.39, 0.29) is 0 Å². The van der Waals surface area contributed by atoms with Crippen molar-refractivity contribution in [1.29, 1.82) is 0 Å². The first-order valence-electron chi connectivity index (χ1n) is 5.41. The first kappa shape index (κ1) is 11.0. The summed E-state index contributed by atoms with van der Waals surface area (Å²) in [5.74, 6) is 0. The Bertz CT molecular complexity index is 334. The van der Waals surface area contributed by atoms with Crippen LogP contribution in [0.5, 0.6) is 0 Å². The summed E-state index contributed by atoms with van der Waals surface area (Å²) in [6.07, 6.45) is 5.52. The standard InChI is InChI=1S/C12H16BrNO/c13-12-7-10(14)6-5-9(12)8-15-11-3-1-2-4-11/h5-7,11H,1-4,8,14H2. The third kappa shape index (κ3) is 2.95. The topological polar surface area (TPSA) is 35.2 Å². The smallest absolute Gasteiger partial charge is 0.0731 e. The van der Waals surface area contributed by atoms with Crippen molar-refractivity contribution in [3.05, 3.63) is 28.2 Å². The van der Waals surface area contributed by atoms with E-state index < -0.39 is 0 Å². The van der Waals surface area contributed by atoms with Crippen LogP contribution in [0.1, 0.15) is 31.2 Å². The number of nitrogen functional groups attached to an aromatic ring is 1. The molecule has 0 saturated heterocycles. The van der Waals surface area contributed by atoms with Crippen LogP contribution in [0.2, 0.25) is 0 Å². The van der Waals surface area contributed by atoms with E-state index in [2.05, 4.69) is 15.9 Å². The van der Waals surface area contributed by atoms with Crippen molar-refractivity contribution < 1.29 is 4.74 Å². The maximum atomic E-state index is 5.84. The van der Waals surface area contributed by atoms with Gasteiger partial charge in [0.2, 0.25) is 0 Å². The number of nitrogens with two attached hydrogens (primary N) is 1. The lowest BCUT2D eigenvalue weighted by Crippen LogP contribution is -2.07. The molecule has 82 valence electrons. The summed E-state index contributed by atoms with van der Waals surface area (Å²) in [5, 5.41) is 0. The summed E-state index contributed by atoms with van der Waals surface area (Å²) in [7, 11) is 0. The number of benzene rings is 1. The molecule has 0 aliphatic heterocycles. The average Bonchev–Trinajstić information content (AvgIpc) is 2.69. The molecule has 1 aromatic carbocycles. The van der Waals surface area contributed by atoms with E-state index in [1.165, 1.54) is 31.2 Å². The molecule has 2 N–H and O–H groups in total. The van der Waals surface area contributed by atoms with Gasteiger partial charge in [0.05, 0.1) is 12.7 Å². The number of rotatable bonds is 3. The number of hydrogen-bond acceptors (Lipinski definition) is 2. The first-order valence-corrected chi connectivity index (χ1v) is 6.20. The zero-order valence-electron chi connectivity index (χ0n) is 8.71. The minimum Gasteiger partial charge on any atom is -0.399 e.